The van der Waals surface area contributed by atoms with Gasteiger partial charge in [0.25, 0.3) is 0 Å². The first-order valence-corrected chi connectivity index (χ1v) is 15.5. The van der Waals surface area contributed by atoms with Gasteiger partial charge in [-0.2, -0.15) is 8.78 Å². The van der Waals surface area contributed by atoms with Crippen molar-refractivity contribution < 1.29 is 45.4 Å². The first kappa shape index (κ1) is 28.7. The Balaban J connectivity index is 2.08. The Kier molecular flexibility index (Phi) is 8.64. The third-order valence-corrected chi connectivity index (χ3v) is 10.7. The Morgan fingerprint density at radius 2 is 1.72 bits per heavy atom. The van der Waals surface area contributed by atoms with Gasteiger partial charge in [0.1, 0.15) is 17.2 Å². The zero-order valence-corrected chi connectivity index (χ0v) is 23.4. The highest BCUT2D eigenvalue weighted by Gasteiger charge is 2.57. The fraction of sp³-hybridized carbons (Fsp3) is 0.318. The van der Waals surface area contributed by atoms with Crippen LogP contribution in [0.1, 0.15) is 34.6 Å². The summed E-state index contributed by atoms with van der Waals surface area (Å²) in [7, 11) is -8.30. The minimum absolute atomic E-state index is 0.00694. The van der Waals surface area contributed by atoms with Crippen molar-refractivity contribution in [3.63, 3.8) is 0 Å². The molecule has 0 fully saturated rings. The van der Waals surface area contributed by atoms with Crippen LogP contribution in [0.3, 0.4) is 0 Å². The molecule has 1 aromatic heterocycles. The van der Waals surface area contributed by atoms with Crippen LogP contribution < -0.4 is 4.74 Å². The van der Waals surface area contributed by atoms with Crippen molar-refractivity contribution >= 4 is 60.8 Å². The molecule has 14 heteroatoms. The van der Waals surface area contributed by atoms with Crippen molar-refractivity contribution in [2.75, 3.05) is 19.5 Å². The zero-order valence-electron chi connectivity index (χ0n) is 19.3. The molecule has 8 nitrogen and oxygen atoms in total. The molecule has 196 valence electrons. The van der Waals surface area contributed by atoms with E-state index in [1.807, 2.05) is 0 Å². The van der Waals surface area contributed by atoms with Gasteiger partial charge in [-0.05, 0) is 59.6 Å². The number of ether oxygens (including phenoxy) is 1. The molecule has 0 saturated heterocycles. The largest absolute Gasteiger partial charge is 0.487 e. The maximum atomic E-state index is 15.5. The van der Waals surface area contributed by atoms with Crippen molar-refractivity contribution in [2.45, 2.75) is 31.0 Å². The van der Waals surface area contributed by atoms with Crippen LogP contribution in [-0.2, 0) is 35.7 Å². The monoisotopic (exact) mass is 626 g/mol. The van der Waals surface area contributed by atoms with E-state index >= 15 is 8.78 Å². The van der Waals surface area contributed by atoms with Gasteiger partial charge in [0.15, 0.2) is 9.84 Å². The number of carboxylic acid groups (broad SMARTS) is 1. The number of alkyl halides is 2. The minimum Gasteiger partial charge on any atom is -0.487 e. The standard InChI is InChI=1S/C22H22BrF2O8PS2/c1-4-32-34(28,33-5-2)22(24,25)20-18(23)16-10-14(21(26)27)11-17(19(16)35-20)31-12-13-6-8-15(9-7-13)36(3,29)30/h6-11H,4-5,12H2,1-3H3,(H,26,27). The number of aromatic carboxylic acids is 1. The lowest BCUT2D eigenvalue weighted by molar-refractivity contribution is 0.0387. The second kappa shape index (κ2) is 10.8. The molecular weight excluding hydrogens is 605 g/mol. The van der Waals surface area contributed by atoms with Crippen molar-refractivity contribution in [2.24, 2.45) is 0 Å². The number of sulfone groups is 1. The van der Waals surface area contributed by atoms with E-state index in [1.54, 1.807) is 0 Å². The Labute approximate surface area is 218 Å². The Hall–Kier alpha value is -1.89. The van der Waals surface area contributed by atoms with Crippen LogP contribution in [0.25, 0.3) is 10.1 Å². The molecule has 0 bridgehead atoms. The van der Waals surface area contributed by atoms with E-state index in [-0.39, 0.29) is 50.6 Å². The molecule has 0 aliphatic carbocycles. The molecule has 2 aromatic carbocycles. The van der Waals surface area contributed by atoms with Gasteiger partial charge >= 0.3 is 19.2 Å². The lowest BCUT2D eigenvalue weighted by Crippen LogP contribution is -2.17. The van der Waals surface area contributed by atoms with Crippen LogP contribution in [0.4, 0.5) is 8.78 Å². The fourth-order valence-corrected chi connectivity index (χ4v) is 7.87. The smallest absolute Gasteiger partial charge is 0.405 e. The molecule has 3 aromatic rings. The number of halogens is 3. The predicted molar refractivity (Wildman–Crippen MR) is 135 cm³/mol. The van der Waals surface area contributed by atoms with Gasteiger partial charge in [-0.3, -0.25) is 4.57 Å². The average Bonchev–Trinajstić information content (AvgIpc) is 3.14. The van der Waals surface area contributed by atoms with Crippen LogP contribution in [0.15, 0.2) is 45.8 Å². The van der Waals surface area contributed by atoms with Crippen LogP contribution >= 0.6 is 34.9 Å². The van der Waals surface area contributed by atoms with Crippen LogP contribution in [0.5, 0.6) is 5.75 Å². The third kappa shape index (κ3) is 5.66. The first-order chi connectivity index (χ1) is 16.7. The average molecular weight is 627 g/mol. The lowest BCUT2D eigenvalue weighted by atomic mass is 10.1. The van der Waals surface area contributed by atoms with Gasteiger partial charge in [-0.1, -0.05) is 12.1 Å². The molecule has 0 atom stereocenters. The van der Waals surface area contributed by atoms with E-state index in [9.17, 15) is 22.9 Å². The van der Waals surface area contributed by atoms with Gasteiger partial charge < -0.3 is 18.9 Å². The van der Waals surface area contributed by atoms with Crippen LogP contribution in [0.2, 0.25) is 0 Å². The van der Waals surface area contributed by atoms with Crippen LogP contribution in [0, 0.1) is 0 Å². The molecule has 36 heavy (non-hydrogen) atoms. The normalized spacial score (nSPS) is 12.7. The van der Waals surface area contributed by atoms with E-state index in [1.165, 1.54) is 50.2 Å². The Morgan fingerprint density at radius 1 is 1.14 bits per heavy atom. The van der Waals surface area contributed by atoms with Gasteiger partial charge in [-0.15, -0.1) is 11.3 Å². The van der Waals surface area contributed by atoms with E-state index in [4.69, 9.17) is 13.8 Å². The van der Waals surface area contributed by atoms with Crippen molar-refractivity contribution in [3.05, 3.63) is 56.9 Å². The summed E-state index contributed by atoms with van der Waals surface area (Å²) in [5.74, 6) is -1.30. The summed E-state index contributed by atoms with van der Waals surface area (Å²) in [5.41, 5.74) is -3.69. The summed E-state index contributed by atoms with van der Waals surface area (Å²) in [6.07, 6.45) is 1.07. The topological polar surface area (TPSA) is 116 Å². The molecule has 1 heterocycles. The van der Waals surface area contributed by atoms with Gasteiger partial charge in [0, 0.05) is 16.1 Å². The number of thiophene rings is 1. The quantitative estimate of drug-likeness (QED) is 0.235. The molecule has 0 aliphatic heterocycles. The maximum Gasteiger partial charge on any atom is 0.405 e. The summed E-state index contributed by atoms with van der Waals surface area (Å²) in [5, 5.41) is 9.65. The number of hydrogen-bond acceptors (Lipinski definition) is 8. The van der Waals surface area contributed by atoms with Crippen LogP contribution in [-0.4, -0.2) is 39.0 Å². The molecule has 0 radical (unpaired) electrons. The fourth-order valence-electron chi connectivity index (χ4n) is 3.22. The number of carboxylic acids is 1. The van der Waals surface area contributed by atoms with Gasteiger partial charge in [0.05, 0.1) is 28.4 Å². The molecule has 0 aliphatic rings. The molecule has 1 N–H and O–H groups in total. The number of rotatable bonds is 11. The van der Waals surface area contributed by atoms with Crippen molar-refractivity contribution in [1.82, 2.24) is 0 Å². The second-order valence-electron chi connectivity index (χ2n) is 7.48. The minimum atomic E-state index is -4.91. The van der Waals surface area contributed by atoms with E-state index in [0.717, 1.165) is 6.26 Å². The highest BCUT2D eigenvalue weighted by Crippen LogP contribution is 2.69. The van der Waals surface area contributed by atoms with Gasteiger partial charge in [-0.25, -0.2) is 13.2 Å². The third-order valence-electron chi connectivity index (χ3n) is 4.90. The highest BCUT2D eigenvalue weighted by atomic mass is 79.9. The number of carbonyl (C=O) groups is 1. The highest BCUT2D eigenvalue weighted by molar-refractivity contribution is 9.10. The second-order valence-corrected chi connectivity index (χ2v) is 13.4. The number of fused-ring (bicyclic) bond motifs is 1. The molecule has 0 spiro atoms. The molecular formula is C22H22BrF2O8PS2. The zero-order chi connectivity index (χ0) is 26.9. The van der Waals surface area contributed by atoms with Gasteiger partial charge in [0.2, 0.25) is 0 Å². The first-order valence-electron chi connectivity index (χ1n) is 10.4. The summed E-state index contributed by atoms with van der Waals surface area (Å²) in [6, 6.07) is 8.26. The van der Waals surface area contributed by atoms with E-state index < -0.39 is 33.9 Å². The molecule has 0 saturated carbocycles. The summed E-state index contributed by atoms with van der Waals surface area (Å²) < 4.78 is 82.8. The van der Waals surface area contributed by atoms with E-state index in [2.05, 4.69) is 15.9 Å². The summed E-state index contributed by atoms with van der Waals surface area (Å²) in [4.78, 5) is 11.1. The Bertz CT molecular complexity index is 1430. The van der Waals surface area contributed by atoms with Crippen molar-refractivity contribution in [1.29, 1.82) is 0 Å². The molecule has 0 amide bonds. The SMILES string of the molecule is CCOP(=O)(OCC)C(F)(F)c1sc2c(OCc3ccc(S(C)(=O)=O)cc3)cc(C(=O)O)cc2c1Br. The molecule has 3 rings (SSSR count). The lowest BCUT2D eigenvalue weighted by Gasteiger charge is -2.25. The number of benzene rings is 2. The maximum absolute atomic E-state index is 15.5. The summed E-state index contributed by atoms with van der Waals surface area (Å²) >= 11 is 3.69. The number of hydrogen-bond donors (Lipinski definition) is 1. The predicted octanol–water partition coefficient (Wildman–Crippen LogP) is 6.66. The molecule has 0 unspecified atom stereocenters. The Morgan fingerprint density at radius 3 is 2.22 bits per heavy atom. The van der Waals surface area contributed by atoms with E-state index in [0.29, 0.717) is 16.9 Å². The van der Waals surface area contributed by atoms with Crippen molar-refractivity contribution in [3.8, 4) is 5.75 Å². The summed E-state index contributed by atoms with van der Waals surface area (Å²) in [6.45, 7) is 2.18.